The molecule has 0 spiro atoms. The topological polar surface area (TPSA) is 56.7 Å². The highest BCUT2D eigenvalue weighted by molar-refractivity contribution is 7.99. The van der Waals surface area contributed by atoms with Gasteiger partial charge >= 0.3 is 0 Å². The van der Waals surface area contributed by atoms with Crippen LogP contribution in [-0.2, 0) is 6.54 Å². The fourth-order valence-corrected chi connectivity index (χ4v) is 2.32. The number of aryl methyl sites for hydroxylation is 1. The molecule has 2 N–H and O–H groups in total. The van der Waals surface area contributed by atoms with Crippen molar-refractivity contribution >= 4 is 11.8 Å². The number of nitrogens with two attached hydrogens (primary N) is 1. The van der Waals surface area contributed by atoms with Crippen molar-refractivity contribution in [2.45, 2.75) is 24.4 Å². The smallest absolute Gasteiger partial charge is 0.136 e. The van der Waals surface area contributed by atoms with Gasteiger partial charge in [-0.1, -0.05) is 17.3 Å². The standard InChI is InChI=1S/C12H15FN4S/c1-9(14)11-8-17(16-15-11)6-7-18-12-5-3-2-4-10(12)13/h2-5,8-9H,6-7,14H2,1H3. The quantitative estimate of drug-likeness (QED) is 0.843. The molecule has 6 heteroatoms. The monoisotopic (exact) mass is 266 g/mol. The summed E-state index contributed by atoms with van der Waals surface area (Å²) in [5.74, 6) is 0.556. The number of rotatable bonds is 5. The molecule has 2 rings (SSSR count). The van der Waals surface area contributed by atoms with Crippen LogP contribution in [0.25, 0.3) is 0 Å². The average molecular weight is 266 g/mol. The molecule has 0 saturated carbocycles. The number of hydrogen-bond donors (Lipinski definition) is 1. The largest absolute Gasteiger partial charge is 0.323 e. The number of aromatic nitrogens is 3. The SMILES string of the molecule is CC(N)c1cn(CCSc2ccccc2F)nn1. The number of nitrogens with zero attached hydrogens (tertiary/aromatic N) is 3. The number of hydrogen-bond acceptors (Lipinski definition) is 4. The highest BCUT2D eigenvalue weighted by atomic mass is 32.2. The molecule has 1 aromatic carbocycles. The van der Waals surface area contributed by atoms with Crippen molar-refractivity contribution in [1.29, 1.82) is 0 Å². The van der Waals surface area contributed by atoms with E-state index in [2.05, 4.69) is 10.3 Å². The lowest BCUT2D eigenvalue weighted by Gasteiger charge is -2.02. The number of benzene rings is 1. The zero-order valence-electron chi connectivity index (χ0n) is 10.1. The van der Waals surface area contributed by atoms with E-state index in [1.807, 2.05) is 19.2 Å². The van der Waals surface area contributed by atoms with E-state index < -0.39 is 0 Å². The first-order chi connectivity index (χ1) is 8.66. The van der Waals surface area contributed by atoms with Crippen molar-refractivity contribution in [3.05, 3.63) is 42.0 Å². The summed E-state index contributed by atoms with van der Waals surface area (Å²) in [6.07, 6.45) is 1.83. The van der Waals surface area contributed by atoms with Gasteiger partial charge in [0.25, 0.3) is 0 Å². The van der Waals surface area contributed by atoms with Crippen molar-refractivity contribution in [3.8, 4) is 0 Å². The van der Waals surface area contributed by atoms with Crippen LogP contribution in [0.3, 0.4) is 0 Å². The number of halogens is 1. The Morgan fingerprint density at radius 1 is 1.44 bits per heavy atom. The zero-order valence-corrected chi connectivity index (χ0v) is 10.9. The van der Waals surface area contributed by atoms with Gasteiger partial charge in [-0.3, -0.25) is 4.68 Å². The molecule has 1 atom stereocenters. The Labute approximate surface area is 109 Å². The molecule has 4 nitrogen and oxygen atoms in total. The summed E-state index contributed by atoms with van der Waals surface area (Å²) in [7, 11) is 0. The van der Waals surface area contributed by atoms with Gasteiger partial charge in [-0.15, -0.1) is 16.9 Å². The minimum atomic E-state index is -0.183. The molecule has 0 fully saturated rings. The molecular formula is C12H15FN4S. The predicted octanol–water partition coefficient (Wildman–Crippen LogP) is 2.23. The highest BCUT2D eigenvalue weighted by Crippen LogP contribution is 2.21. The van der Waals surface area contributed by atoms with E-state index in [1.165, 1.54) is 17.8 Å². The summed E-state index contributed by atoms with van der Waals surface area (Å²) in [5.41, 5.74) is 6.47. The van der Waals surface area contributed by atoms with Crippen LogP contribution in [-0.4, -0.2) is 20.7 Å². The summed E-state index contributed by atoms with van der Waals surface area (Å²) in [6.45, 7) is 2.54. The van der Waals surface area contributed by atoms with Crippen LogP contribution in [0.1, 0.15) is 18.7 Å². The van der Waals surface area contributed by atoms with Crippen LogP contribution in [0.4, 0.5) is 4.39 Å². The van der Waals surface area contributed by atoms with Gasteiger partial charge in [0.1, 0.15) is 5.82 Å². The van der Waals surface area contributed by atoms with E-state index in [9.17, 15) is 4.39 Å². The molecule has 0 aliphatic heterocycles. The molecular weight excluding hydrogens is 251 g/mol. The molecule has 2 aromatic rings. The van der Waals surface area contributed by atoms with E-state index in [-0.39, 0.29) is 11.9 Å². The maximum Gasteiger partial charge on any atom is 0.136 e. The van der Waals surface area contributed by atoms with E-state index in [4.69, 9.17) is 5.73 Å². The van der Waals surface area contributed by atoms with Crippen molar-refractivity contribution in [1.82, 2.24) is 15.0 Å². The van der Waals surface area contributed by atoms with Gasteiger partial charge in [0.15, 0.2) is 0 Å². The Balaban J connectivity index is 1.87. The summed E-state index contributed by atoms with van der Waals surface area (Å²) in [4.78, 5) is 0.657. The van der Waals surface area contributed by atoms with Crippen molar-refractivity contribution < 1.29 is 4.39 Å². The average Bonchev–Trinajstić information content (AvgIpc) is 2.80. The van der Waals surface area contributed by atoms with Crippen LogP contribution in [0, 0.1) is 5.82 Å². The first kappa shape index (κ1) is 13.0. The lowest BCUT2D eigenvalue weighted by Crippen LogP contribution is -2.05. The Kier molecular flexibility index (Phi) is 4.33. The molecule has 1 heterocycles. The van der Waals surface area contributed by atoms with Gasteiger partial charge < -0.3 is 5.73 Å². The van der Waals surface area contributed by atoms with Gasteiger partial charge in [0, 0.05) is 16.7 Å². The Morgan fingerprint density at radius 3 is 2.89 bits per heavy atom. The van der Waals surface area contributed by atoms with E-state index in [0.29, 0.717) is 11.4 Å². The molecule has 96 valence electrons. The summed E-state index contributed by atoms with van der Waals surface area (Å²) in [5, 5.41) is 7.93. The lowest BCUT2D eigenvalue weighted by molar-refractivity contribution is 0.600. The molecule has 0 bridgehead atoms. The van der Waals surface area contributed by atoms with Crippen LogP contribution < -0.4 is 5.73 Å². The number of thioether (sulfide) groups is 1. The second kappa shape index (κ2) is 5.97. The third-order valence-corrected chi connectivity index (χ3v) is 3.47. The van der Waals surface area contributed by atoms with E-state index in [1.54, 1.807) is 16.8 Å². The van der Waals surface area contributed by atoms with Gasteiger partial charge in [-0.25, -0.2) is 4.39 Å². The fraction of sp³-hybridized carbons (Fsp3) is 0.333. The lowest BCUT2D eigenvalue weighted by atomic mass is 10.3. The normalized spacial score (nSPS) is 12.6. The third kappa shape index (κ3) is 3.30. The Hall–Kier alpha value is -1.40. The maximum absolute atomic E-state index is 13.4. The third-order valence-electron chi connectivity index (χ3n) is 2.44. The van der Waals surface area contributed by atoms with Crippen LogP contribution in [0.2, 0.25) is 0 Å². The minimum absolute atomic E-state index is 0.113. The van der Waals surface area contributed by atoms with E-state index in [0.717, 1.165) is 11.4 Å². The maximum atomic E-state index is 13.4. The zero-order chi connectivity index (χ0) is 13.0. The fourth-order valence-electron chi connectivity index (χ4n) is 1.44. The molecule has 1 unspecified atom stereocenters. The summed E-state index contributed by atoms with van der Waals surface area (Å²) < 4.78 is 15.1. The molecule has 0 aliphatic rings. The predicted molar refractivity (Wildman–Crippen MR) is 69.7 cm³/mol. The molecule has 0 saturated heterocycles. The molecule has 0 radical (unpaired) electrons. The molecule has 1 aromatic heterocycles. The second-order valence-electron chi connectivity index (χ2n) is 3.97. The molecule has 18 heavy (non-hydrogen) atoms. The van der Waals surface area contributed by atoms with Gasteiger partial charge in [-0.05, 0) is 19.1 Å². The first-order valence-electron chi connectivity index (χ1n) is 5.70. The van der Waals surface area contributed by atoms with Crippen molar-refractivity contribution in [2.24, 2.45) is 5.73 Å². The summed E-state index contributed by atoms with van der Waals surface area (Å²) >= 11 is 1.46. The molecule has 0 aliphatic carbocycles. The van der Waals surface area contributed by atoms with Crippen LogP contribution in [0.5, 0.6) is 0 Å². The van der Waals surface area contributed by atoms with Gasteiger partial charge in [-0.2, -0.15) is 0 Å². The highest BCUT2D eigenvalue weighted by Gasteiger charge is 2.05. The van der Waals surface area contributed by atoms with Crippen molar-refractivity contribution in [2.75, 3.05) is 5.75 Å². The summed E-state index contributed by atoms with van der Waals surface area (Å²) in [6, 6.07) is 6.64. The minimum Gasteiger partial charge on any atom is -0.323 e. The molecule has 0 amide bonds. The first-order valence-corrected chi connectivity index (χ1v) is 6.68. The van der Waals surface area contributed by atoms with Crippen molar-refractivity contribution in [3.63, 3.8) is 0 Å². The van der Waals surface area contributed by atoms with Gasteiger partial charge in [0.05, 0.1) is 18.4 Å². The van der Waals surface area contributed by atoms with Gasteiger partial charge in [0.2, 0.25) is 0 Å². The van der Waals surface area contributed by atoms with Crippen LogP contribution in [0.15, 0.2) is 35.4 Å². The van der Waals surface area contributed by atoms with Crippen LogP contribution >= 0.6 is 11.8 Å². The second-order valence-corrected chi connectivity index (χ2v) is 5.11. The Morgan fingerprint density at radius 2 is 2.22 bits per heavy atom. The van der Waals surface area contributed by atoms with E-state index >= 15 is 0 Å². The Bertz CT molecular complexity index is 512.